The normalized spacial score (nSPS) is 11.4. The molecule has 0 aliphatic rings. The molecule has 0 amide bonds. The predicted octanol–water partition coefficient (Wildman–Crippen LogP) is 2.55. The van der Waals surface area contributed by atoms with Crippen LogP contribution in [0.5, 0.6) is 0 Å². The summed E-state index contributed by atoms with van der Waals surface area (Å²) in [7, 11) is 0. The average Bonchev–Trinajstić information content (AvgIpc) is 2.21. The van der Waals surface area contributed by atoms with Gasteiger partial charge in [-0.25, -0.2) is 0 Å². The van der Waals surface area contributed by atoms with Gasteiger partial charge in [-0.15, -0.1) is 6.42 Å². The highest BCUT2D eigenvalue weighted by Crippen LogP contribution is 2.18. The lowest BCUT2D eigenvalue weighted by molar-refractivity contribution is 0.120. The molecule has 0 bridgehead atoms. The largest absolute Gasteiger partial charge is 0.346 e. The standard InChI is InChI=1S/C11H8ClNO/c1-2-11(14-8-7-13)9-3-5-10(12)6-4-9/h1,3-6,11H,8H2. The number of terminal acetylenes is 1. The number of nitrogens with zero attached hydrogens (tertiary/aromatic N) is 1. The molecule has 1 rings (SSSR count). The number of benzene rings is 1. The van der Waals surface area contributed by atoms with E-state index in [1.165, 1.54) is 0 Å². The van der Waals surface area contributed by atoms with E-state index in [0.29, 0.717) is 5.02 Å². The summed E-state index contributed by atoms with van der Waals surface area (Å²) in [4.78, 5) is 0. The molecule has 0 aliphatic carbocycles. The topological polar surface area (TPSA) is 33.0 Å². The number of rotatable bonds is 3. The third-order valence-electron chi connectivity index (χ3n) is 1.64. The van der Waals surface area contributed by atoms with Crippen LogP contribution in [0.15, 0.2) is 24.3 Å². The van der Waals surface area contributed by atoms with E-state index in [4.69, 9.17) is 28.0 Å². The summed E-state index contributed by atoms with van der Waals surface area (Å²) < 4.78 is 5.13. The molecule has 0 aliphatic heterocycles. The molecule has 0 fully saturated rings. The van der Waals surface area contributed by atoms with E-state index in [1.54, 1.807) is 24.3 Å². The van der Waals surface area contributed by atoms with Gasteiger partial charge in [0.25, 0.3) is 0 Å². The Morgan fingerprint density at radius 1 is 1.43 bits per heavy atom. The number of ether oxygens (including phenoxy) is 1. The van der Waals surface area contributed by atoms with Gasteiger partial charge in [0.1, 0.15) is 12.7 Å². The Balaban J connectivity index is 2.76. The molecule has 14 heavy (non-hydrogen) atoms. The number of halogens is 1. The number of hydrogen-bond donors (Lipinski definition) is 0. The van der Waals surface area contributed by atoms with E-state index in [9.17, 15) is 0 Å². The van der Waals surface area contributed by atoms with Crippen molar-refractivity contribution >= 4 is 11.6 Å². The summed E-state index contributed by atoms with van der Waals surface area (Å²) in [5.41, 5.74) is 0.826. The van der Waals surface area contributed by atoms with Crippen molar-refractivity contribution in [1.29, 1.82) is 5.26 Å². The summed E-state index contributed by atoms with van der Waals surface area (Å²) in [5.74, 6) is 2.46. The van der Waals surface area contributed by atoms with Crippen LogP contribution >= 0.6 is 11.6 Å². The van der Waals surface area contributed by atoms with Gasteiger partial charge < -0.3 is 4.74 Å². The fraction of sp³-hybridized carbons (Fsp3) is 0.182. The maximum atomic E-state index is 8.34. The van der Waals surface area contributed by atoms with Crippen LogP contribution in [0.3, 0.4) is 0 Å². The second-order valence-corrected chi connectivity index (χ2v) is 3.00. The molecule has 0 aromatic heterocycles. The van der Waals surface area contributed by atoms with Crippen molar-refractivity contribution in [2.45, 2.75) is 6.10 Å². The molecule has 1 unspecified atom stereocenters. The zero-order chi connectivity index (χ0) is 10.4. The van der Waals surface area contributed by atoms with Gasteiger partial charge in [0.05, 0.1) is 6.07 Å². The van der Waals surface area contributed by atoms with E-state index in [1.807, 2.05) is 6.07 Å². The molecule has 0 N–H and O–H groups in total. The molecule has 0 saturated carbocycles. The zero-order valence-corrected chi connectivity index (χ0v) is 8.16. The zero-order valence-electron chi connectivity index (χ0n) is 7.40. The van der Waals surface area contributed by atoms with Crippen molar-refractivity contribution in [2.75, 3.05) is 6.61 Å². The fourth-order valence-corrected chi connectivity index (χ4v) is 1.12. The second kappa shape index (κ2) is 5.29. The van der Waals surface area contributed by atoms with Gasteiger partial charge in [-0.2, -0.15) is 5.26 Å². The minimum absolute atomic E-state index is 0.0164. The first-order valence-corrected chi connectivity index (χ1v) is 4.36. The van der Waals surface area contributed by atoms with Crippen molar-refractivity contribution < 1.29 is 4.74 Å². The maximum absolute atomic E-state index is 8.34. The Bertz CT molecular complexity index is 372. The summed E-state index contributed by atoms with van der Waals surface area (Å²) in [6.07, 6.45) is 4.79. The van der Waals surface area contributed by atoms with Crippen LogP contribution in [-0.4, -0.2) is 6.61 Å². The Kier molecular flexibility index (Phi) is 4.01. The Morgan fingerprint density at radius 3 is 2.57 bits per heavy atom. The van der Waals surface area contributed by atoms with Crippen LogP contribution in [-0.2, 0) is 4.74 Å². The van der Waals surface area contributed by atoms with Crippen LogP contribution < -0.4 is 0 Å². The van der Waals surface area contributed by atoms with Crippen molar-refractivity contribution in [3.05, 3.63) is 34.9 Å². The van der Waals surface area contributed by atoms with Gasteiger partial charge in [-0.1, -0.05) is 29.7 Å². The first-order chi connectivity index (χ1) is 6.77. The molecule has 0 saturated heterocycles. The quantitative estimate of drug-likeness (QED) is 0.711. The van der Waals surface area contributed by atoms with E-state index in [-0.39, 0.29) is 6.61 Å². The van der Waals surface area contributed by atoms with E-state index >= 15 is 0 Å². The Labute approximate surface area is 88.1 Å². The number of hydrogen-bond acceptors (Lipinski definition) is 2. The predicted molar refractivity (Wildman–Crippen MR) is 54.6 cm³/mol. The molecule has 70 valence electrons. The summed E-state index contributed by atoms with van der Waals surface area (Å²) in [6, 6.07) is 8.90. The van der Waals surface area contributed by atoms with Crippen LogP contribution in [0.2, 0.25) is 5.02 Å². The second-order valence-electron chi connectivity index (χ2n) is 2.57. The van der Waals surface area contributed by atoms with E-state index < -0.39 is 6.10 Å². The minimum Gasteiger partial charge on any atom is -0.346 e. The summed E-state index contributed by atoms with van der Waals surface area (Å²) in [6.45, 7) is -0.0164. The van der Waals surface area contributed by atoms with Gasteiger partial charge in [0, 0.05) is 5.02 Å². The van der Waals surface area contributed by atoms with Gasteiger partial charge >= 0.3 is 0 Å². The Morgan fingerprint density at radius 2 is 2.07 bits per heavy atom. The fourth-order valence-electron chi connectivity index (χ4n) is 0.999. The van der Waals surface area contributed by atoms with Crippen molar-refractivity contribution in [1.82, 2.24) is 0 Å². The highest BCUT2D eigenvalue weighted by Gasteiger charge is 2.07. The highest BCUT2D eigenvalue weighted by atomic mass is 35.5. The van der Waals surface area contributed by atoms with Crippen molar-refractivity contribution in [2.24, 2.45) is 0 Å². The summed E-state index contributed by atoms with van der Waals surface area (Å²) in [5, 5.41) is 8.98. The Hall–Kier alpha value is -1.48. The summed E-state index contributed by atoms with van der Waals surface area (Å²) >= 11 is 5.72. The van der Waals surface area contributed by atoms with Gasteiger partial charge in [-0.3, -0.25) is 0 Å². The first-order valence-electron chi connectivity index (χ1n) is 3.98. The molecule has 1 aromatic rings. The molecule has 2 nitrogen and oxygen atoms in total. The maximum Gasteiger partial charge on any atom is 0.144 e. The van der Waals surface area contributed by atoms with Gasteiger partial charge in [-0.05, 0) is 17.7 Å². The van der Waals surface area contributed by atoms with Crippen LogP contribution in [0.25, 0.3) is 0 Å². The molecule has 0 radical (unpaired) electrons. The van der Waals surface area contributed by atoms with E-state index in [2.05, 4.69) is 5.92 Å². The van der Waals surface area contributed by atoms with Crippen LogP contribution in [0, 0.1) is 23.7 Å². The van der Waals surface area contributed by atoms with Gasteiger partial charge in [0.2, 0.25) is 0 Å². The molecule has 1 aromatic carbocycles. The van der Waals surface area contributed by atoms with E-state index in [0.717, 1.165) is 5.56 Å². The average molecular weight is 206 g/mol. The smallest absolute Gasteiger partial charge is 0.144 e. The minimum atomic E-state index is -0.480. The monoisotopic (exact) mass is 205 g/mol. The molecule has 3 heteroatoms. The molecular weight excluding hydrogens is 198 g/mol. The van der Waals surface area contributed by atoms with Crippen molar-refractivity contribution in [3.63, 3.8) is 0 Å². The van der Waals surface area contributed by atoms with Crippen molar-refractivity contribution in [3.8, 4) is 18.4 Å². The van der Waals surface area contributed by atoms with Crippen LogP contribution in [0.4, 0.5) is 0 Å². The molecule has 0 heterocycles. The molecular formula is C11H8ClNO. The lowest BCUT2D eigenvalue weighted by atomic mass is 10.1. The SMILES string of the molecule is C#CC(OCC#N)c1ccc(Cl)cc1. The first kappa shape index (κ1) is 10.6. The third kappa shape index (κ3) is 2.78. The van der Waals surface area contributed by atoms with Gasteiger partial charge in [0.15, 0.2) is 0 Å². The lowest BCUT2D eigenvalue weighted by Crippen LogP contribution is -2.01. The van der Waals surface area contributed by atoms with Crippen LogP contribution in [0.1, 0.15) is 11.7 Å². The molecule has 1 atom stereocenters. The number of nitriles is 1. The third-order valence-corrected chi connectivity index (χ3v) is 1.89. The molecule has 0 spiro atoms. The lowest BCUT2D eigenvalue weighted by Gasteiger charge is -2.09. The highest BCUT2D eigenvalue weighted by molar-refractivity contribution is 6.30.